The van der Waals surface area contributed by atoms with Gasteiger partial charge >= 0.3 is 5.97 Å². The minimum absolute atomic E-state index is 0.0628. The number of carbonyl (C=O) groups is 2. The van der Waals surface area contributed by atoms with E-state index >= 15 is 0 Å². The average molecular weight is 449 g/mol. The molecule has 0 radical (unpaired) electrons. The molecule has 1 N–H and O–H groups in total. The third kappa shape index (κ3) is 5.41. The first-order valence-electron chi connectivity index (χ1n) is 10.1. The van der Waals surface area contributed by atoms with Crippen LogP contribution in [-0.2, 0) is 19.6 Å². The molecule has 0 atom stereocenters. The molecule has 0 spiro atoms. The number of aryl methyl sites for hydroxylation is 1. The van der Waals surface area contributed by atoms with E-state index in [9.17, 15) is 22.4 Å². The van der Waals surface area contributed by atoms with Gasteiger partial charge in [0, 0.05) is 24.3 Å². The lowest BCUT2D eigenvalue weighted by molar-refractivity contribution is -0.149. The number of anilines is 1. The first kappa shape index (κ1) is 22.7. The van der Waals surface area contributed by atoms with Gasteiger partial charge in [-0.2, -0.15) is 0 Å². The molecular formula is C22H25FN2O5S. The normalized spacial score (nSPS) is 14.9. The Hall–Kier alpha value is -2.94. The van der Waals surface area contributed by atoms with Gasteiger partial charge in [-0.25, -0.2) is 12.8 Å². The Kier molecular flexibility index (Phi) is 6.94. The fourth-order valence-corrected chi connectivity index (χ4v) is 4.56. The Morgan fingerprint density at radius 1 is 1.13 bits per heavy atom. The van der Waals surface area contributed by atoms with Crippen LogP contribution in [-0.4, -0.2) is 44.9 Å². The van der Waals surface area contributed by atoms with Gasteiger partial charge in [-0.05, 0) is 68.7 Å². The molecule has 2 aromatic rings. The summed E-state index contributed by atoms with van der Waals surface area (Å²) < 4.78 is 46.0. The molecule has 1 aliphatic heterocycles. The van der Waals surface area contributed by atoms with Crippen molar-refractivity contribution < 1.29 is 27.1 Å². The zero-order valence-corrected chi connectivity index (χ0v) is 18.2. The van der Waals surface area contributed by atoms with Crippen molar-refractivity contribution >= 4 is 27.6 Å². The summed E-state index contributed by atoms with van der Waals surface area (Å²) in [4.78, 5) is 26.5. The maximum absolute atomic E-state index is 13.1. The number of ether oxygens (including phenoxy) is 1. The van der Waals surface area contributed by atoms with Crippen LogP contribution in [0.5, 0.6) is 0 Å². The second-order valence-electron chi connectivity index (χ2n) is 7.41. The van der Waals surface area contributed by atoms with Crippen LogP contribution in [0, 0.1) is 18.7 Å². The highest BCUT2D eigenvalue weighted by atomic mass is 32.2. The highest BCUT2D eigenvalue weighted by Crippen LogP contribution is 2.24. The highest BCUT2D eigenvalue weighted by molar-refractivity contribution is 7.92. The molecule has 7 nitrogen and oxygen atoms in total. The van der Waals surface area contributed by atoms with E-state index < -0.39 is 15.8 Å². The number of nitrogens with zero attached hydrogens (tertiary/aromatic N) is 1. The van der Waals surface area contributed by atoms with Crippen molar-refractivity contribution in [3.05, 3.63) is 59.4 Å². The summed E-state index contributed by atoms with van der Waals surface area (Å²) in [6.45, 7) is 4.61. The molecule has 3 rings (SSSR count). The van der Waals surface area contributed by atoms with E-state index in [-0.39, 0.29) is 33.9 Å². The van der Waals surface area contributed by atoms with Crippen LogP contribution in [0.3, 0.4) is 0 Å². The van der Waals surface area contributed by atoms with Gasteiger partial charge in [0.2, 0.25) is 0 Å². The zero-order chi connectivity index (χ0) is 22.6. The van der Waals surface area contributed by atoms with Crippen molar-refractivity contribution in [2.75, 3.05) is 24.4 Å². The number of hydrogen-bond acceptors (Lipinski definition) is 5. The minimum Gasteiger partial charge on any atom is -0.466 e. The number of carbonyl (C=O) groups excluding carboxylic acids is 2. The molecule has 0 unspecified atom stereocenters. The predicted octanol–water partition coefficient (Wildman–Crippen LogP) is 3.35. The van der Waals surface area contributed by atoms with Gasteiger partial charge in [-0.1, -0.05) is 6.07 Å². The second-order valence-corrected chi connectivity index (χ2v) is 9.09. The number of likely N-dealkylation sites (tertiary alicyclic amines) is 1. The van der Waals surface area contributed by atoms with Crippen molar-refractivity contribution in [2.45, 2.75) is 31.6 Å². The Morgan fingerprint density at radius 2 is 1.77 bits per heavy atom. The Labute approximate surface area is 181 Å². The summed E-state index contributed by atoms with van der Waals surface area (Å²) in [5.74, 6) is -1.22. The van der Waals surface area contributed by atoms with Crippen molar-refractivity contribution in [3.63, 3.8) is 0 Å². The molecule has 1 aliphatic rings. The van der Waals surface area contributed by atoms with Crippen molar-refractivity contribution in [1.82, 2.24) is 4.90 Å². The second kappa shape index (κ2) is 9.47. The smallest absolute Gasteiger partial charge is 0.309 e. The first-order chi connectivity index (χ1) is 14.7. The molecule has 1 amide bonds. The lowest BCUT2D eigenvalue weighted by Gasteiger charge is -2.31. The van der Waals surface area contributed by atoms with Gasteiger partial charge in [0.05, 0.1) is 17.4 Å². The number of nitrogens with one attached hydrogen (secondary N) is 1. The number of benzene rings is 2. The van der Waals surface area contributed by atoms with E-state index in [1.54, 1.807) is 24.8 Å². The Bertz CT molecular complexity index is 1060. The Balaban J connectivity index is 1.75. The topological polar surface area (TPSA) is 92.8 Å². The van der Waals surface area contributed by atoms with Crippen LogP contribution in [0.2, 0.25) is 0 Å². The fraction of sp³-hybridized carbons (Fsp3) is 0.364. The minimum atomic E-state index is -3.96. The first-order valence-corrected chi connectivity index (χ1v) is 11.5. The molecule has 2 aromatic carbocycles. The highest BCUT2D eigenvalue weighted by Gasteiger charge is 2.29. The van der Waals surface area contributed by atoms with Crippen LogP contribution in [0.25, 0.3) is 0 Å². The van der Waals surface area contributed by atoms with Crippen LogP contribution < -0.4 is 4.72 Å². The van der Waals surface area contributed by atoms with Gasteiger partial charge in [0.25, 0.3) is 15.9 Å². The molecule has 31 heavy (non-hydrogen) atoms. The average Bonchev–Trinajstić information content (AvgIpc) is 2.75. The van der Waals surface area contributed by atoms with E-state index in [2.05, 4.69) is 4.72 Å². The van der Waals surface area contributed by atoms with Crippen LogP contribution in [0.4, 0.5) is 10.1 Å². The SMILES string of the molecule is CCOC(=O)C1CCN(C(=O)c2cc(S(=O)(=O)Nc3ccc(F)cc3)ccc2C)CC1. The van der Waals surface area contributed by atoms with E-state index in [4.69, 9.17) is 4.74 Å². The maximum atomic E-state index is 13.1. The fourth-order valence-electron chi connectivity index (χ4n) is 3.48. The molecule has 1 saturated heterocycles. The third-order valence-electron chi connectivity index (χ3n) is 5.25. The number of halogens is 1. The van der Waals surface area contributed by atoms with Gasteiger partial charge in [-0.3, -0.25) is 14.3 Å². The van der Waals surface area contributed by atoms with E-state index in [1.807, 2.05) is 0 Å². The monoisotopic (exact) mass is 448 g/mol. The number of esters is 1. The number of rotatable bonds is 6. The van der Waals surface area contributed by atoms with Crippen LogP contribution in [0.15, 0.2) is 47.4 Å². The van der Waals surface area contributed by atoms with E-state index in [0.29, 0.717) is 38.1 Å². The lowest BCUT2D eigenvalue weighted by Crippen LogP contribution is -2.41. The molecular weight excluding hydrogens is 423 g/mol. The molecule has 1 heterocycles. The number of piperidine rings is 1. The van der Waals surface area contributed by atoms with Gasteiger partial charge in [0.1, 0.15) is 5.82 Å². The molecule has 0 aliphatic carbocycles. The largest absolute Gasteiger partial charge is 0.466 e. The Morgan fingerprint density at radius 3 is 2.39 bits per heavy atom. The van der Waals surface area contributed by atoms with Gasteiger partial charge in [-0.15, -0.1) is 0 Å². The molecule has 166 valence electrons. The van der Waals surface area contributed by atoms with Gasteiger partial charge < -0.3 is 9.64 Å². The third-order valence-corrected chi connectivity index (χ3v) is 6.63. The molecule has 0 bridgehead atoms. The standard InChI is InChI=1S/C22H25FN2O5S/c1-3-30-22(27)16-10-12-25(13-11-16)21(26)20-14-19(9-4-15(20)2)31(28,29)24-18-7-5-17(23)6-8-18/h4-9,14,16,24H,3,10-13H2,1-2H3. The molecule has 9 heteroatoms. The predicted molar refractivity (Wildman–Crippen MR) is 114 cm³/mol. The summed E-state index contributed by atoms with van der Waals surface area (Å²) in [7, 11) is -3.96. The van der Waals surface area contributed by atoms with Crippen molar-refractivity contribution in [2.24, 2.45) is 5.92 Å². The number of hydrogen-bond donors (Lipinski definition) is 1. The summed E-state index contributed by atoms with van der Waals surface area (Å²) in [6.07, 6.45) is 1.02. The molecule has 1 fully saturated rings. The zero-order valence-electron chi connectivity index (χ0n) is 17.4. The number of sulfonamides is 1. The van der Waals surface area contributed by atoms with Crippen molar-refractivity contribution in [3.8, 4) is 0 Å². The molecule has 0 saturated carbocycles. The van der Waals surface area contributed by atoms with E-state index in [1.165, 1.54) is 24.3 Å². The lowest BCUT2D eigenvalue weighted by atomic mass is 9.96. The summed E-state index contributed by atoms with van der Waals surface area (Å²) in [6, 6.07) is 9.30. The maximum Gasteiger partial charge on any atom is 0.309 e. The van der Waals surface area contributed by atoms with Crippen LogP contribution in [0.1, 0.15) is 35.7 Å². The van der Waals surface area contributed by atoms with E-state index in [0.717, 1.165) is 12.1 Å². The summed E-state index contributed by atoms with van der Waals surface area (Å²) in [5, 5.41) is 0. The van der Waals surface area contributed by atoms with Gasteiger partial charge in [0.15, 0.2) is 0 Å². The summed E-state index contributed by atoms with van der Waals surface area (Å²) >= 11 is 0. The quantitative estimate of drug-likeness (QED) is 0.684. The van der Waals surface area contributed by atoms with Crippen molar-refractivity contribution in [1.29, 1.82) is 0 Å². The number of amides is 1. The van der Waals surface area contributed by atoms with Crippen LogP contribution >= 0.6 is 0 Å². The summed E-state index contributed by atoms with van der Waals surface area (Å²) in [5.41, 5.74) is 1.16. The molecule has 0 aromatic heterocycles.